The molecule has 0 saturated carbocycles. The second kappa shape index (κ2) is 9.91. The van der Waals surface area contributed by atoms with Crippen LogP contribution in [0.1, 0.15) is 34.7 Å². The number of nitrogens with zero attached hydrogens (tertiary/aromatic N) is 3. The molecule has 172 valence electrons. The number of halogens is 1. The van der Waals surface area contributed by atoms with Crippen molar-refractivity contribution in [1.82, 2.24) is 15.0 Å². The number of likely N-dealkylation sites (tertiary alicyclic amines) is 1. The number of aromatic nitrogens is 2. The number of carbonyl (C=O) groups is 2. The zero-order chi connectivity index (χ0) is 23.4. The molecule has 1 aromatic heterocycles. The average Bonchev–Trinajstić information content (AvgIpc) is 3.29. The number of esters is 1. The zero-order valence-electron chi connectivity index (χ0n) is 18.5. The van der Waals surface area contributed by atoms with Gasteiger partial charge in [-0.05, 0) is 68.3 Å². The van der Waals surface area contributed by atoms with E-state index in [1.807, 2.05) is 6.92 Å². The first-order chi connectivity index (χ1) is 15.9. The summed E-state index contributed by atoms with van der Waals surface area (Å²) < 4.78 is 23.3. The zero-order valence-corrected chi connectivity index (χ0v) is 18.5. The molecule has 0 radical (unpaired) electrons. The minimum Gasteiger partial charge on any atom is -0.465 e. The Morgan fingerprint density at radius 3 is 2.79 bits per heavy atom. The number of nitrogens with one attached hydrogen (secondary N) is 1. The highest BCUT2D eigenvalue weighted by molar-refractivity contribution is 5.96. The van der Waals surface area contributed by atoms with Crippen molar-refractivity contribution in [3.05, 3.63) is 65.3 Å². The summed E-state index contributed by atoms with van der Waals surface area (Å²) in [5.41, 5.74) is 2.52. The standard InChI is InChI=1S/C24H25FN4O4/c1-15-5-6-17(24(31)32-2)12-20(15)26-23(30)18-4-3-11-29(13-18)14-21-27-22(28-33-21)16-7-9-19(25)10-8-16/h5-10,12,18H,3-4,11,13-14H2,1-2H3,(H,26,30). The van der Waals surface area contributed by atoms with Crippen LogP contribution in [0.2, 0.25) is 0 Å². The Hall–Kier alpha value is -3.59. The molecule has 1 N–H and O–H groups in total. The minimum atomic E-state index is -0.450. The van der Waals surface area contributed by atoms with Crippen molar-refractivity contribution in [3.8, 4) is 11.4 Å². The average molecular weight is 452 g/mol. The Morgan fingerprint density at radius 2 is 2.03 bits per heavy atom. The topological polar surface area (TPSA) is 97.6 Å². The highest BCUT2D eigenvalue weighted by Crippen LogP contribution is 2.23. The van der Waals surface area contributed by atoms with Crippen LogP contribution in [0.25, 0.3) is 11.4 Å². The van der Waals surface area contributed by atoms with Crippen molar-refractivity contribution >= 4 is 17.6 Å². The first-order valence-electron chi connectivity index (χ1n) is 10.7. The predicted octanol–water partition coefficient (Wildman–Crippen LogP) is 3.82. The summed E-state index contributed by atoms with van der Waals surface area (Å²) in [7, 11) is 1.32. The van der Waals surface area contributed by atoms with E-state index in [0.717, 1.165) is 24.9 Å². The van der Waals surface area contributed by atoms with Gasteiger partial charge in [0.05, 0.1) is 25.1 Å². The van der Waals surface area contributed by atoms with Crippen molar-refractivity contribution in [3.63, 3.8) is 0 Å². The second-order valence-electron chi connectivity index (χ2n) is 8.10. The first kappa shape index (κ1) is 22.6. The van der Waals surface area contributed by atoms with Gasteiger partial charge in [-0.2, -0.15) is 4.98 Å². The Labute approximate surface area is 190 Å². The minimum absolute atomic E-state index is 0.0950. The van der Waals surface area contributed by atoms with Gasteiger partial charge in [-0.25, -0.2) is 9.18 Å². The normalized spacial score (nSPS) is 16.4. The molecule has 4 rings (SSSR count). The summed E-state index contributed by atoms with van der Waals surface area (Å²) in [4.78, 5) is 31.3. The lowest BCUT2D eigenvalue weighted by molar-refractivity contribution is -0.121. The lowest BCUT2D eigenvalue weighted by atomic mass is 9.96. The quantitative estimate of drug-likeness (QED) is 0.568. The van der Waals surface area contributed by atoms with Crippen LogP contribution in [0.5, 0.6) is 0 Å². The van der Waals surface area contributed by atoms with Gasteiger partial charge < -0.3 is 14.6 Å². The molecule has 9 heteroatoms. The molecule has 2 heterocycles. The number of anilines is 1. The van der Waals surface area contributed by atoms with Crippen LogP contribution in [-0.2, 0) is 16.1 Å². The fourth-order valence-corrected chi connectivity index (χ4v) is 3.88. The van der Waals surface area contributed by atoms with Crippen LogP contribution in [0.3, 0.4) is 0 Å². The molecule has 1 amide bonds. The van der Waals surface area contributed by atoms with Crippen molar-refractivity contribution in [1.29, 1.82) is 0 Å². The molecule has 33 heavy (non-hydrogen) atoms. The monoisotopic (exact) mass is 452 g/mol. The van der Waals surface area contributed by atoms with E-state index in [-0.39, 0.29) is 17.6 Å². The van der Waals surface area contributed by atoms with Crippen LogP contribution in [-0.4, -0.2) is 47.1 Å². The van der Waals surface area contributed by atoms with E-state index in [1.165, 1.54) is 19.2 Å². The highest BCUT2D eigenvalue weighted by Gasteiger charge is 2.27. The van der Waals surface area contributed by atoms with E-state index in [1.54, 1.807) is 30.3 Å². The number of methoxy groups -OCH3 is 1. The van der Waals surface area contributed by atoms with Crippen LogP contribution in [0, 0.1) is 18.7 Å². The molecule has 1 fully saturated rings. The van der Waals surface area contributed by atoms with Crippen LogP contribution in [0.15, 0.2) is 47.0 Å². The van der Waals surface area contributed by atoms with Gasteiger partial charge in [0.15, 0.2) is 0 Å². The number of aryl methyl sites for hydroxylation is 1. The lowest BCUT2D eigenvalue weighted by Gasteiger charge is -2.31. The molecular formula is C24H25FN4O4. The third kappa shape index (κ3) is 5.43. The van der Waals surface area contributed by atoms with E-state index in [0.29, 0.717) is 41.6 Å². The third-order valence-electron chi connectivity index (χ3n) is 5.72. The second-order valence-corrected chi connectivity index (χ2v) is 8.10. The SMILES string of the molecule is COC(=O)c1ccc(C)c(NC(=O)C2CCCN(Cc3nc(-c4ccc(F)cc4)no3)C2)c1. The molecular weight excluding hydrogens is 427 g/mol. The smallest absolute Gasteiger partial charge is 0.337 e. The Bertz CT molecular complexity index is 1150. The molecule has 1 aliphatic rings. The largest absolute Gasteiger partial charge is 0.465 e. The molecule has 3 aromatic rings. The summed E-state index contributed by atoms with van der Waals surface area (Å²) in [6, 6.07) is 11.0. The number of rotatable bonds is 6. The summed E-state index contributed by atoms with van der Waals surface area (Å²) in [5, 5.41) is 6.94. The number of hydrogen-bond acceptors (Lipinski definition) is 7. The third-order valence-corrected chi connectivity index (χ3v) is 5.72. The maximum Gasteiger partial charge on any atom is 0.337 e. The van der Waals surface area contributed by atoms with E-state index in [9.17, 15) is 14.0 Å². The predicted molar refractivity (Wildman–Crippen MR) is 119 cm³/mol. The Balaban J connectivity index is 1.38. The van der Waals surface area contributed by atoms with Crippen LogP contribution >= 0.6 is 0 Å². The summed E-state index contributed by atoms with van der Waals surface area (Å²) in [5.74, 6) is -0.239. The molecule has 1 saturated heterocycles. The van der Waals surface area contributed by atoms with E-state index >= 15 is 0 Å². The summed E-state index contributed by atoms with van der Waals surface area (Å²) in [6.45, 7) is 3.66. The van der Waals surface area contributed by atoms with Crippen molar-refractivity contribution in [2.24, 2.45) is 5.92 Å². The molecule has 1 atom stereocenters. The maximum absolute atomic E-state index is 13.1. The number of piperidine rings is 1. The lowest BCUT2D eigenvalue weighted by Crippen LogP contribution is -2.40. The molecule has 8 nitrogen and oxygen atoms in total. The van der Waals surface area contributed by atoms with Crippen molar-refractivity contribution in [2.45, 2.75) is 26.3 Å². The van der Waals surface area contributed by atoms with Gasteiger partial charge in [0.25, 0.3) is 0 Å². The molecule has 1 aliphatic heterocycles. The van der Waals surface area contributed by atoms with Gasteiger partial charge in [0, 0.05) is 17.8 Å². The Morgan fingerprint density at radius 1 is 1.24 bits per heavy atom. The molecule has 0 bridgehead atoms. The first-order valence-corrected chi connectivity index (χ1v) is 10.7. The van der Waals surface area contributed by atoms with Gasteiger partial charge >= 0.3 is 5.97 Å². The summed E-state index contributed by atoms with van der Waals surface area (Å²) in [6.07, 6.45) is 1.63. The van der Waals surface area contributed by atoms with Gasteiger partial charge in [-0.3, -0.25) is 9.69 Å². The van der Waals surface area contributed by atoms with Gasteiger partial charge in [-0.15, -0.1) is 0 Å². The summed E-state index contributed by atoms with van der Waals surface area (Å²) >= 11 is 0. The molecule has 2 aromatic carbocycles. The van der Waals surface area contributed by atoms with Crippen LogP contribution < -0.4 is 5.32 Å². The number of benzene rings is 2. The van der Waals surface area contributed by atoms with Crippen LogP contribution in [0.4, 0.5) is 10.1 Å². The molecule has 0 spiro atoms. The van der Waals surface area contributed by atoms with Gasteiger partial charge in [0.1, 0.15) is 5.82 Å². The number of ether oxygens (including phenoxy) is 1. The number of hydrogen-bond donors (Lipinski definition) is 1. The molecule has 0 aliphatic carbocycles. The maximum atomic E-state index is 13.1. The van der Waals surface area contributed by atoms with Crippen molar-refractivity contribution < 1.29 is 23.2 Å². The molecule has 1 unspecified atom stereocenters. The fourth-order valence-electron chi connectivity index (χ4n) is 3.88. The fraction of sp³-hybridized carbons (Fsp3) is 0.333. The van der Waals surface area contributed by atoms with Gasteiger partial charge in [0.2, 0.25) is 17.6 Å². The van der Waals surface area contributed by atoms with Crippen molar-refractivity contribution in [2.75, 3.05) is 25.5 Å². The van der Waals surface area contributed by atoms with Gasteiger partial charge in [-0.1, -0.05) is 11.2 Å². The highest BCUT2D eigenvalue weighted by atomic mass is 19.1. The van der Waals surface area contributed by atoms with E-state index in [4.69, 9.17) is 9.26 Å². The van der Waals surface area contributed by atoms with E-state index < -0.39 is 5.97 Å². The Kier molecular flexibility index (Phi) is 6.79. The number of amides is 1. The van der Waals surface area contributed by atoms with E-state index in [2.05, 4.69) is 20.4 Å². The number of carbonyl (C=O) groups excluding carboxylic acids is 2.